The minimum Gasteiger partial charge on any atom is -0.376 e. The predicted molar refractivity (Wildman–Crippen MR) is 78.2 cm³/mol. The molecule has 0 aliphatic carbocycles. The maximum atomic E-state index is 6.09. The zero-order valence-corrected chi connectivity index (χ0v) is 13.2. The van der Waals surface area contributed by atoms with Crippen LogP contribution in [0.15, 0.2) is 24.3 Å². The first-order chi connectivity index (χ1) is 10.2. The van der Waals surface area contributed by atoms with Gasteiger partial charge in [0, 0.05) is 28.4 Å². The van der Waals surface area contributed by atoms with Gasteiger partial charge in [-0.1, -0.05) is 24.3 Å². The fourth-order valence-corrected chi connectivity index (χ4v) is 2.93. The molecule has 1 saturated heterocycles. The molecule has 5 nitrogen and oxygen atoms in total. The summed E-state index contributed by atoms with van der Waals surface area (Å²) in [7, 11) is 6.53. The van der Waals surface area contributed by atoms with Gasteiger partial charge >= 0.3 is 0 Å². The van der Waals surface area contributed by atoms with Crippen molar-refractivity contribution in [3.8, 4) is 0 Å². The molecule has 1 aromatic carbocycles. The van der Waals surface area contributed by atoms with E-state index in [2.05, 4.69) is 13.0 Å². The second-order valence-corrected chi connectivity index (χ2v) is 5.12. The molecule has 5 heteroatoms. The van der Waals surface area contributed by atoms with E-state index in [0.29, 0.717) is 0 Å². The SMILES string of the molecule is CO[C@H]1O[C@H](c2ccccc2C)[C@@H](OC)[C@H](OC)[C@H]1OC. The van der Waals surface area contributed by atoms with Crippen molar-refractivity contribution in [3.63, 3.8) is 0 Å². The van der Waals surface area contributed by atoms with Crippen molar-refractivity contribution >= 4 is 0 Å². The molecule has 0 aromatic heterocycles. The third-order valence-corrected chi connectivity index (χ3v) is 4.04. The van der Waals surface area contributed by atoms with E-state index in [0.717, 1.165) is 11.1 Å². The number of aryl methyl sites for hydroxylation is 1. The van der Waals surface area contributed by atoms with E-state index in [1.165, 1.54) is 0 Å². The number of hydrogen-bond donors (Lipinski definition) is 0. The molecule has 5 atom stereocenters. The molecule has 1 heterocycles. The van der Waals surface area contributed by atoms with Crippen LogP contribution in [0.2, 0.25) is 0 Å². The van der Waals surface area contributed by atoms with Crippen LogP contribution in [-0.2, 0) is 23.7 Å². The Balaban J connectivity index is 2.38. The zero-order chi connectivity index (χ0) is 15.4. The lowest BCUT2D eigenvalue weighted by Gasteiger charge is -2.44. The molecular formula is C16H24O5. The van der Waals surface area contributed by atoms with Crippen LogP contribution >= 0.6 is 0 Å². The summed E-state index contributed by atoms with van der Waals surface area (Å²) in [6.07, 6.45) is -1.66. The van der Waals surface area contributed by atoms with Crippen LogP contribution in [0.25, 0.3) is 0 Å². The number of ether oxygens (including phenoxy) is 5. The summed E-state index contributed by atoms with van der Waals surface area (Å²) in [5, 5.41) is 0. The summed E-state index contributed by atoms with van der Waals surface area (Å²) >= 11 is 0. The molecule has 0 saturated carbocycles. The van der Waals surface area contributed by atoms with Gasteiger partial charge < -0.3 is 23.7 Å². The third-order valence-electron chi connectivity index (χ3n) is 4.04. The van der Waals surface area contributed by atoms with E-state index in [1.807, 2.05) is 18.2 Å². The van der Waals surface area contributed by atoms with Crippen LogP contribution in [0.4, 0.5) is 0 Å². The highest BCUT2D eigenvalue weighted by atomic mass is 16.7. The summed E-state index contributed by atoms with van der Waals surface area (Å²) in [5.74, 6) is 0. The van der Waals surface area contributed by atoms with Crippen molar-refractivity contribution in [1.82, 2.24) is 0 Å². The molecule has 2 rings (SSSR count). The highest BCUT2D eigenvalue weighted by Gasteiger charge is 2.48. The van der Waals surface area contributed by atoms with Gasteiger partial charge in [0.05, 0.1) is 0 Å². The average molecular weight is 296 g/mol. The molecule has 1 aliphatic heterocycles. The van der Waals surface area contributed by atoms with Gasteiger partial charge in [-0.25, -0.2) is 0 Å². The van der Waals surface area contributed by atoms with Crippen LogP contribution in [-0.4, -0.2) is 53.0 Å². The molecule has 0 spiro atoms. The standard InChI is InChI=1S/C16H24O5/c1-10-8-6-7-9-11(10)12-13(17-2)14(18-3)15(19-4)16(20-5)21-12/h6-9,12-16H,1-5H3/t12-,13-,14+,15-,16+/m1/s1. The van der Waals surface area contributed by atoms with Crippen LogP contribution in [0.1, 0.15) is 17.2 Å². The number of hydrogen-bond acceptors (Lipinski definition) is 5. The van der Waals surface area contributed by atoms with Gasteiger partial charge in [-0.05, 0) is 18.1 Å². The maximum Gasteiger partial charge on any atom is 0.186 e. The van der Waals surface area contributed by atoms with E-state index >= 15 is 0 Å². The molecule has 0 radical (unpaired) electrons. The topological polar surface area (TPSA) is 46.2 Å². The maximum absolute atomic E-state index is 6.09. The van der Waals surface area contributed by atoms with E-state index in [1.54, 1.807) is 28.4 Å². The molecule has 0 bridgehead atoms. The Morgan fingerprint density at radius 1 is 0.810 bits per heavy atom. The Morgan fingerprint density at radius 2 is 1.43 bits per heavy atom. The highest BCUT2D eigenvalue weighted by Crippen LogP contribution is 2.37. The molecule has 0 amide bonds. The molecule has 1 aromatic rings. The Morgan fingerprint density at radius 3 is 1.95 bits per heavy atom. The summed E-state index contributed by atoms with van der Waals surface area (Å²) in [5.41, 5.74) is 2.22. The molecule has 1 fully saturated rings. The van der Waals surface area contributed by atoms with Gasteiger partial charge in [-0.15, -0.1) is 0 Å². The zero-order valence-electron chi connectivity index (χ0n) is 13.2. The molecule has 118 valence electrons. The predicted octanol–water partition coefficient (Wildman–Crippen LogP) is 2.08. The van der Waals surface area contributed by atoms with Crippen LogP contribution < -0.4 is 0 Å². The van der Waals surface area contributed by atoms with Gasteiger partial charge in [0.2, 0.25) is 0 Å². The van der Waals surface area contributed by atoms with Crippen molar-refractivity contribution < 1.29 is 23.7 Å². The van der Waals surface area contributed by atoms with Crippen LogP contribution in [0.3, 0.4) is 0 Å². The first-order valence-corrected chi connectivity index (χ1v) is 7.00. The van der Waals surface area contributed by atoms with E-state index in [9.17, 15) is 0 Å². The first-order valence-electron chi connectivity index (χ1n) is 7.00. The largest absolute Gasteiger partial charge is 0.376 e. The summed E-state index contributed by atoms with van der Waals surface area (Å²) in [6, 6.07) is 8.09. The Labute approximate surface area is 126 Å². The molecular weight excluding hydrogens is 272 g/mol. The quantitative estimate of drug-likeness (QED) is 0.832. The Kier molecular flexibility index (Phi) is 5.72. The second-order valence-electron chi connectivity index (χ2n) is 5.12. The number of benzene rings is 1. The fourth-order valence-electron chi connectivity index (χ4n) is 2.93. The second kappa shape index (κ2) is 7.33. The number of methoxy groups -OCH3 is 4. The normalized spacial score (nSPS) is 33.1. The lowest BCUT2D eigenvalue weighted by Crippen LogP contribution is -2.57. The fraction of sp³-hybridized carbons (Fsp3) is 0.625. The molecule has 1 aliphatic rings. The molecule has 0 N–H and O–H groups in total. The van der Waals surface area contributed by atoms with Gasteiger partial charge in [0.1, 0.15) is 24.4 Å². The minimum absolute atomic E-state index is 0.266. The molecule has 21 heavy (non-hydrogen) atoms. The highest BCUT2D eigenvalue weighted by molar-refractivity contribution is 5.29. The third kappa shape index (κ3) is 3.12. The van der Waals surface area contributed by atoms with Gasteiger partial charge in [0.15, 0.2) is 6.29 Å². The van der Waals surface area contributed by atoms with Crippen LogP contribution in [0.5, 0.6) is 0 Å². The number of rotatable bonds is 5. The monoisotopic (exact) mass is 296 g/mol. The lowest BCUT2D eigenvalue weighted by molar-refractivity contribution is -0.305. The van der Waals surface area contributed by atoms with Crippen LogP contribution in [0, 0.1) is 6.92 Å². The van der Waals surface area contributed by atoms with Gasteiger partial charge in [-0.3, -0.25) is 0 Å². The Bertz CT molecular complexity index is 450. The van der Waals surface area contributed by atoms with E-state index in [4.69, 9.17) is 23.7 Å². The summed E-state index contributed by atoms with van der Waals surface area (Å²) in [4.78, 5) is 0. The van der Waals surface area contributed by atoms with Crippen molar-refractivity contribution in [1.29, 1.82) is 0 Å². The Hall–Kier alpha value is -0.980. The molecule has 0 unspecified atom stereocenters. The minimum atomic E-state index is -0.504. The van der Waals surface area contributed by atoms with Gasteiger partial charge in [0.25, 0.3) is 0 Å². The van der Waals surface area contributed by atoms with E-state index < -0.39 is 6.29 Å². The van der Waals surface area contributed by atoms with Crippen molar-refractivity contribution in [2.24, 2.45) is 0 Å². The average Bonchev–Trinajstić information content (AvgIpc) is 2.53. The van der Waals surface area contributed by atoms with Crippen molar-refractivity contribution in [2.75, 3.05) is 28.4 Å². The van der Waals surface area contributed by atoms with E-state index in [-0.39, 0.29) is 24.4 Å². The summed E-state index contributed by atoms with van der Waals surface area (Å²) in [6.45, 7) is 2.05. The smallest absolute Gasteiger partial charge is 0.186 e. The first kappa shape index (κ1) is 16.4. The van der Waals surface area contributed by atoms with Crippen molar-refractivity contribution in [3.05, 3.63) is 35.4 Å². The summed E-state index contributed by atoms with van der Waals surface area (Å²) < 4.78 is 28.3. The van der Waals surface area contributed by atoms with Crippen molar-refractivity contribution in [2.45, 2.75) is 37.6 Å². The van der Waals surface area contributed by atoms with Gasteiger partial charge in [-0.2, -0.15) is 0 Å². The lowest BCUT2D eigenvalue weighted by atomic mass is 9.91.